The molecule has 3 nitrogen and oxygen atoms in total. The molecule has 1 aromatic rings. The molecule has 1 fully saturated rings. The molecule has 1 saturated heterocycles. The van der Waals surface area contributed by atoms with Crippen LogP contribution >= 0.6 is 0 Å². The van der Waals surface area contributed by atoms with Gasteiger partial charge in [0.25, 0.3) is 0 Å². The van der Waals surface area contributed by atoms with Gasteiger partial charge in [-0.3, -0.25) is 4.79 Å². The van der Waals surface area contributed by atoms with Crippen molar-refractivity contribution >= 4 is 5.91 Å². The number of nitrogens with zero attached hydrogens (tertiary/aromatic N) is 1. The van der Waals surface area contributed by atoms with Crippen LogP contribution in [0.3, 0.4) is 0 Å². The number of piperidine rings is 1. The summed E-state index contributed by atoms with van der Waals surface area (Å²) in [5, 5.41) is 9.59. The molecular weight excluding hydrogens is 238 g/mol. The molecule has 0 radical (unpaired) electrons. The van der Waals surface area contributed by atoms with Crippen LogP contribution in [0.25, 0.3) is 0 Å². The number of aliphatic hydroxyl groups is 1. The predicted octanol–water partition coefficient (Wildman–Crippen LogP) is 2.22. The van der Waals surface area contributed by atoms with E-state index in [0.717, 1.165) is 25.8 Å². The topological polar surface area (TPSA) is 40.5 Å². The maximum atomic E-state index is 12.1. The third-order valence-electron chi connectivity index (χ3n) is 3.95. The van der Waals surface area contributed by atoms with Gasteiger partial charge in [-0.25, -0.2) is 0 Å². The fourth-order valence-electron chi connectivity index (χ4n) is 2.55. The molecule has 1 aliphatic rings. The summed E-state index contributed by atoms with van der Waals surface area (Å²) in [4.78, 5) is 13.9. The van der Waals surface area contributed by atoms with E-state index in [2.05, 4.69) is 32.0 Å². The van der Waals surface area contributed by atoms with Gasteiger partial charge in [-0.1, -0.05) is 18.2 Å². The molecular formula is C16H23NO2. The Morgan fingerprint density at radius 2 is 2.16 bits per heavy atom. The number of β-amino-alcohol motifs (C(OH)–C–C–N with tert-alkyl or cyclic N) is 1. The van der Waals surface area contributed by atoms with E-state index in [4.69, 9.17) is 0 Å². The van der Waals surface area contributed by atoms with Gasteiger partial charge in [-0.15, -0.1) is 0 Å². The Morgan fingerprint density at radius 3 is 2.84 bits per heavy atom. The minimum atomic E-state index is -0.334. The lowest BCUT2D eigenvalue weighted by molar-refractivity contribution is -0.134. The quantitative estimate of drug-likeness (QED) is 0.906. The van der Waals surface area contributed by atoms with Crippen LogP contribution in [0, 0.1) is 13.8 Å². The van der Waals surface area contributed by atoms with Crippen molar-refractivity contribution in [2.24, 2.45) is 0 Å². The molecule has 19 heavy (non-hydrogen) atoms. The zero-order valence-electron chi connectivity index (χ0n) is 11.9. The van der Waals surface area contributed by atoms with Crippen LogP contribution in [0.2, 0.25) is 0 Å². The van der Waals surface area contributed by atoms with Gasteiger partial charge in [-0.2, -0.15) is 0 Å². The molecule has 0 aliphatic carbocycles. The lowest BCUT2D eigenvalue weighted by Gasteiger charge is -2.30. The second-order valence-electron chi connectivity index (χ2n) is 5.55. The highest BCUT2D eigenvalue weighted by molar-refractivity contribution is 5.76. The smallest absolute Gasteiger partial charge is 0.222 e. The third-order valence-corrected chi connectivity index (χ3v) is 3.95. The van der Waals surface area contributed by atoms with Gasteiger partial charge in [0.2, 0.25) is 5.91 Å². The Labute approximate surface area is 115 Å². The van der Waals surface area contributed by atoms with Gasteiger partial charge in [0, 0.05) is 19.5 Å². The molecule has 0 saturated carbocycles. The molecule has 1 amide bonds. The van der Waals surface area contributed by atoms with Crippen molar-refractivity contribution in [1.29, 1.82) is 0 Å². The molecule has 0 aromatic heterocycles. The number of rotatable bonds is 3. The number of aryl methyl sites for hydroxylation is 3. The first kappa shape index (κ1) is 14.1. The van der Waals surface area contributed by atoms with Crippen molar-refractivity contribution < 1.29 is 9.90 Å². The molecule has 2 rings (SSSR count). The van der Waals surface area contributed by atoms with Gasteiger partial charge in [-0.05, 0) is 49.8 Å². The van der Waals surface area contributed by atoms with Gasteiger partial charge in [0.05, 0.1) is 6.10 Å². The van der Waals surface area contributed by atoms with E-state index in [-0.39, 0.29) is 12.0 Å². The Bertz CT molecular complexity index is 456. The van der Waals surface area contributed by atoms with E-state index in [9.17, 15) is 9.90 Å². The summed E-state index contributed by atoms with van der Waals surface area (Å²) < 4.78 is 0. The molecule has 1 heterocycles. The summed E-state index contributed by atoms with van der Waals surface area (Å²) in [6.45, 7) is 5.50. The maximum absolute atomic E-state index is 12.1. The Balaban J connectivity index is 1.87. The zero-order chi connectivity index (χ0) is 13.8. The maximum Gasteiger partial charge on any atom is 0.222 e. The fraction of sp³-hybridized carbons (Fsp3) is 0.562. The van der Waals surface area contributed by atoms with Crippen molar-refractivity contribution in [3.8, 4) is 0 Å². The van der Waals surface area contributed by atoms with E-state index in [1.54, 1.807) is 4.90 Å². The lowest BCUT2D eigenvalue weighted by Crippen LogP contribution is -2.42. The van der Waals surface area contributed by atoms with Gasteiger partial charge >= 0.3 is 0 Å². The van der Waals surface area contributed by atoms with E-state index in [1.807, 2.05) is 0 Å². The number of benzene rings is 1. The van der Waals surface area contributed by atoms with E-state index < -0.39 is 0 Å². The molecule has 1 unspecified atom stereocenters. The van der Waals surface area contributed by atoms with Gasteiger partial charge < -0.3 is 10.0 Å². The fourth-order valence-corrected chi connectivity index (χ4v) is 2.55. The first-order chi connectivity index (χ1) is 9.06. The lowest BCUT2D eigenvalue weighted by atomic mass is 10.0. The van der Waals surface area contributed by atoms with Crippen molar-refractivity contribution in [2.45, 2.75) is 45.6 Å². The number of likely N-dealkylation sites (tertiary alicyclic amines) is 1. The largest absolute Gasteiger partial charge is 0.391 e. The highest BCUT2D eigenvalue weighted by Crippen LogP contribution is 2.14. The molecule has 1 aromatic carbocycles. The number of carbonyl (C=O) groups excluding carboxylic acids is 1. The average molecular weight is 261 g/mol. The van der Waals surface area contributed by atoms with Crippen LogP contribution in [0.5, 0.6) is 0 Å². The molecule has 1 N–H and O–H groups in total. The summed E-state index contributed by atoms with van der Waals surface area (Å²) in [6.07, 6.45) is 2.72. The molecule has 3 heteroatoms. The normalized spacial score (nSPS) is 19.5. The zero-order valence-corrected chi connectivity index (χ0v) is 11.9. The summed E-state index contributed by atoms with van der Waals surface area (Å²) in [5.74, 6) is 0.164. The molecule has 1 atom stereocenters. The summed E-state index contributed by atoms with van der Waals surface area (Å²) in [6, 6.07) is 6.37. The number of aliphatic hydroxyl groups excluding tert-OH is 1. The van der Waals surface area contributed by atoms with Crippen LogP contribution in [0.4, 0.5) is 0 Å². The number of hydrogen-bond acceptors (Lipinski definition) is 2. The standard InChI is InChI=1S/C16H23NO2/c1-12-5-6-14(10-13(12)2)7-8-16(19)17-9-3-4-15(18)11-17/h5-6,10,15,18H,3-4,7-9,11H2,1-2H3. The van der Waals surface area contributed by atoms with E-state index in [1.165, 1.54) is 16.7 Å². The van der Waals surface area contributed by atoms with Crippen molar-refractivity contribution in [1.82, 2.24) is 4.90 Å². The number of amides is 1. The highest BCUT2D eigenvalue weighted by atomic mass is 16.3. The first-order valence-corrected chi connectivity index (χ1v) is 7.08. The SMILES string of the molecule is Cc1ccc(CCC(=O)N2CCCC(O)C2)cc1C. The predicted molar refractivity (Wildman–Crippen MR) is 76.1 cm³/mol. The highest BCUT2D eigenvalue weighted by Gasteiger charge is 2.21. The van der Waals surface area contributed by atoms with Crippen LogP contribution in [-0.2, 0) is 11.2 Å². The summed E-state index contributed by atoms with van der Waals surface area (Å²) >= 11 is 0. The first-order valence-electron chi connectivity index (χ1n) is 7.08. The van der Waals surface area contributed by atoms with E-state index >= 15 is 0 Å². The van der Waals surface area contributed by atoms with Crippen molar-refractivity contribution in [2.75, 3.05) is 13.1 Å². The minimum Gasteiger partial charge on any atom is -0.391 e. The Kier molecular flexibility index (Phi) is 4.59. The second kappa shape index (κ2) is 6.20. The minimum absolute atomic E-state index is 0.164. The molecule has 0 spiro atoms. The summed E-state index contributed by atoms with van der Waals surface area (Å²) in [5.41, 5.74) is 3.78. The van der Waals surface area contributed by atoms with Gasteiger partial charge in [0.1, 0.15) is 0 Å². The van der Waals surface area contributed by atoms with E-state index in [0.29, 0.717) is 13.0 Å². The van der Waals surface area contributed by atoms with Gasteiger partial charge in [0.15, 0.2) is 0 Å². The number of hydrogen-bond donors (Lipinski definition) is 1. The summed E-state index contributed by atoms with van der Waals surface area (Å²) in [7, 11) is 0. The Morgan fingerprint density at radius 1 is 1.37 bits per heavy atom. The number of carbonyl (C=O) groups is 1. The molecule has 0 bridgehead atoms. The second-order valence-corrected chi connectivity index (χ2v) is 5.55. The average Bonchev–Trinajstić information content (AvgIpc) is 2.40. The van der Waals surface area contributed by atoms with Crippen LogP contribution < -0.4 is 0 Å². The molecule has 1 aliphatic heterocycles. The van der Waals surface area contributed by atoms with Crippen molar-refractivity contribution in [3.63, 3.8) is 0 Å². The van der Waals surface area contributed by atoms with Crippen LogP contribution in [-0.4, -0.2) is 35.1 Å². The van der Waals surface area contributed by atoms with Crippen LogP contribution in [0.15, 0.2) is 18.2 Å². The van der Waals surface area contributed by atoms with Crippen LogP contribution in [0.1, 0.15) is 36.0 Å². The molecule has 104 valence electrons. The monoisotopic (exact) mass is 261 g/mol. The Hall–Kier alpha value is -1.35. The third kappa shape index (κ3) is 3.80. The van der Waals surface area contributed by atoms with Crippen molar-refractivity contribution in [3.05, 3.63) is 34.9 Å².